The summed E-state index contributed by atoms with van der Waals surface area (Å²) < 4.78 is 26.6. The SMILES string of the molecule is Cc1cn(C2CC2)c2nc(C3C(=O)OC(C)(C)OC3=O)c(F)cc2c1=O. The quantitative estimate of drug-likeness (QED) is 0.602. The van der Waals surface area contributed by atoms with Crippen molar-refractivity contribution >= 4 is 23.0 Å². The lowest BCUT2D eigenvalue weighted by molar-refractivity contribution is -0.234. The van der Waals surface area contributed by atoms with E-state index in [0.29, 0.717) is 5.56 Å². The molecule has 0 aromatic carbocycles. The van der Waals surface area contributed by atoms with E-state index < -0.39 is 29.5 Å². The average Bonchev–Trinajstić information content (AvgIpc) is 3.35. The maximum Gasteiger partial charge on any atom is 0.329 e. The van der Waals surface area contributed by atoms with Gasteiger partial charge in [-0.2, -0.15) is 0 Å². The van der Waals surface area contributed by atoms with Crippen molar-refractivity contribution in [1.29, 1.82) is 0 Å². The van der Waals surface area contributed by atoms with Crippen LogP contribution in [0, 0.1) is 12.7 Å². The molecule has 7 nitrogen and oxygen atoms in total. The molecule has 0 bridgehead atoms. The molecule has 26 heavy (non-hydrogen) atoms. The van der Waals surface area contributed by atoms with Gasteiger partial charge in [0.25, 0.3) is 5.79 Å². The highest BCUT2D eigenvalue weighted by atomic mass is 19.1. The molecule has 8 heteroatoms. The topological polar surface area (TPSA) is 87.5 Å². The molecule has 136 valence electrons. The summed E-state index contributed by atoms with van der Waals surface area (Å²) in [4.78, 5) is 41.1. The molecule has 1 aliphatic carbocycles. The van der Waals surface area contributed by atoms with Crippen LogP contribution in [0.1, 0.15) is 49.9 Å². The highest BCUT2D eigenvalue weighted by Gasteiger charge is 2.46. The Labute approximate surface area is 147 Å². The molecule has 2 fully saturated rings. The predicted octanol–water partition coefficient (Wildman–Crippen LogP) is 2.10. The minimum absolute atomic E-state index is 0.121. The van der Waals surface area contributed by atoms with Crippen LogP contribution in [0.4, 0.5) is 4.39 Å². The number of esters is 2. The Morgan fingerprint density at radius 3 is 2.38 bits per heavy atom. The first-order valence-electron chi connectivity index (χ1n) is 8.35. The van der Waals surface area contributed by atoms with Crippen LogP contribution in [0.2, 0.25) is 0 Å². The summed E-state index contributed by atoms with van der Waals surface area (Å²) in [5.74, 6) is -5.79. The Morgan fingerprint density at radius 2 is 1.81 bits per heavy atom. The van der Waals surface area contributed by atoms with E-state index >= 15 is 0 Å². The van der Waals surface area contributed by atoms with Gasteiger partial charge in [-0.3, -0.25) is 14.4 Å². The van der Waals surface area contributed by atoms with E-state index in [4.69, 9.17) is 9.47 Å². The number of hydrogen-bond donors (Lipinski definition) is 0. The van der Waals surface area contributed by atoms with E-state index in [9.17, 15) is 18.8 Å². The first kappa shape index (κ1) is 16.7. The van der Waals surface area contributed by atoms with Crippen LogP contribution in [-0.4, -0.2) is 27.3 Å². The van der Waals surface area contributed by atoms with Gasteiger partial charge in [0.05, 0.1) is 5.39 Å². The van der Waals surface area contributed by atoms with Crippen LogP contribution in [-0.2, 0) is 19.1 Å². The van der Waals surface area contributed by atoms with Crippen molar-refractivity contribution in [1.82, 2.24) is 9.55 Å². The molecule has 0 N–H and O–H groups in total. The fourth-order valence-electron chi connectivity index (χ4n) is 3.17. The van der Waals surface area contributed by atoms with Gasteiger partial charge < -0.3 is 14.0 Å². The molecule has 2 aromatic rings. The molecule has 1 aliphatic heterocycles. The summed E-state index contributed by atoms with van der Waals surface area (Å²) in [6.07, 6.45) is 3.53. The Kier molecular flexibility index (Phi) is 3.44. The van der Waals surface area contributed by atoms with Crippen LogP contribution in [0.5, 0.6) is 0 Å². The monoisotopic (exact) mass is 360 g/mol. The van der Waals surface area contributed by atoms with Crippen molar-refractivity contribution in [2.24, 2.45) is 0 Å². The van der Waals surface area contributed by atoms with Gasteiger partial charge in [0.15, 0.2) is 11.3 Å². The molecule has 4 rings (SSSR count). The van der Waals surface area contributed by atoms with Crippen molar-refractivity contribution in [2.75, 3.05) is 0 Å². The minimum atomic E-state index is -1.61. The summed E-state index contributed by atoms with van der Waals surface area (Å²) in [5, 5.41) is 0.121. The van der Waals surface area contributed by atoms with Gasteiger partial charge >= 0.3 is 11.9 Å². The Morgan fingerprint density at radius 1 is 1.19 bits per heavy atom. The number of rotatable bonds is 2. The van der Waals surface area contributed by atoms with E-state index in [-0.39, 0.29) is 28.2 Å². The number of fused-ring (bicyclic) bond motifs is 1. The third kappa shape index (κ3) is 2.56. The van der Waals surface area contributed by atoms with Gasteiger partial charge in [-0.05, 0) is 25.8 Å². The molecule has 0 spiro atoms. The van der Waals surface area contributed by atoms with Gasteiger partial charge in [-0.1, -0.05) is 0 Å². The van der Waals surface area contributed by atoms with Crippen molar-refractivity contribution < 1.29 is 23.5 Å². The Hall–Kier alpha value is -2.77. The summed E-state index contributed by atoms with van der Waals surface area (Å²) >= 11 is 0. The maximum atomic E-state index is 14.7. The second-order valence-corrected chi connectivity index (χ2v) is 7.18. The van der Waals surface area contributed by atoms with E-state index in [2.05, 4.69) is 4.98 Å². The maximum absolute atomic E-state index is 14.7. The highest BCUT2D eigenvalue weighted by molar-refractivity contribution is 6.02. The van der Waals surface area contributed by atoms with Crippen molar-refractivity contribution in [3.05, 3.63) is 39.6 Å². The second kappa shape index (κ2) is 5.36. The zero-order valence-electron chi connectivity index (χ0n) is 14.5. The number of cyclic esters (lactones) is 2. The van der Waals surface area contributed by atoms with Gasteiger partial charge in [-0.25, -0.2) is 9.37 Å². The first-order chi connectivity index (χ1) is 12.2. The third-order valence-electron chi connectivity index (χ3n) is 4.54. The van der Waals surface area contributed by atoms with Crippen molar-refractivity contribution in [3.63, 3.8) is 0 Å². The first-order valence-corrected chi connectivity index (χ1v) is 8.35. The Balaban J connectivity index is 1.92. The highest BCUT2D eigenvalue weighted by Crippen LogP contribution is 2.37. The minimum Gasteiger partial charge on any atom is -0.422 e. The third-order valence-corrected chi connectivity index (χ3v) is 4.54. The molecule has 0 unspecified atom stereocenters. The van der Waals surface area contributed by atoms with Crippen molar-refractivity contribution in [2.45, 2.75) is 51.4 Å². The van der Waals surface area contributed by atoms with Crippen molar-refractivity contribution in [3.8, 4) is 0 Å². The molecule has 1 saturated carbocycles. The molecule has 0 amide bonds. The molecule has 3 heterocycles. The van der Waals surface area contributed by atoms with Gasteiger partial charge in [0, 0.05) is 31.6 Å². The second-order valence-electron chi connectivity index (χ2n) is 7.18. The average molecular weight is 360 g/mol. The lowest BCUT2D eigenvalue weighted by atomic mass is 10.0. The van der Waals surface area contributed by atoms with E-state index in [0.717, 1.165) is 18.9 Å². The summed E-state index contributed by atoms with van der Waals surface area (Å²) in [7, 11) is 0. The molecule has 2 aromatic heterocycles. The number of nitrogens with zero attached hydrogens (tertiary/aromatic N) is 2. The zero-order chi connectivity index (χ0) is 18.8. The lowest BCUT2D eigenvalue weighted by Gasteiger charge is -2.32. The molecule has 2 aliphatic rings. The van der Waals surface area contributed by atoms with Crippen LogP contribution < -0.4 is 5.43 Å². The smallest absolute Gasteiger partial charge is 0.329 e. The molecule has 0 atom stereocenters. The largest absolute Gasteiger partial charge is 0.422 e. The number of carbonyl (C=O) groups is 2. The number of halogens is 1. The number of carbonyl (C=O) groups excluding carboxylic acids is 2. The number of aromatic nitrogens is 2. The standard InChI is InChI=1S/C18H17FN2O5/c1-8-7-21(9-4-5-9)15-10(14(8)22)6-11(19)13(20-15)12-16(23)25-18(2,3)26-17(12)24/h6-7,9,12H,4-5H2,1-3H3. The fraction of sp³-hybridized carbons (Fsp3) is 0.444. The summed E-state index contributed by atoms with van der Waals surface area (Å²) in [6, 6.07) is 1.21. The van der Waals surface area contributed by atoms with Crippen LogP contribution >= 0.6 is 0 Å². The summed E-state index contributed by atoms with van der Waals surface area (Å²) in [6.45, 7) is 4.48. The molecule has 1 saturated heterocycles. The van der Waals surface area contributed by atoms with E-state index in [1.54, 1.807) is 17.7 Å². The zero-order valence-corrected chi connectivity index (χ0v) is 14.5. The van der Waals surface area contributed by atoms with Crippen LogP contribution in [0.25, 0.3) is 11.0 Å². The molecular formula is C18H17FN2O5. The van der Waals surface area contributed by atoms with E-state index in [1.807, 2.05) is 0 Å². The molecule has 0 radical (unpaired) electrons. The fourth-order valence-corrected chi connectivity index (χ4v) is 3.17. The lowest BCUT2D eigenvalue weighted by Crippen LogP contribution is -2.45. The predicted molar refractivity (Wildman–Crippen MR) is 88.0 cm³/mol. The van der Waals surface area contributed by atoms with Gasteiger partial charge in [-0.15, -0.1) is 0 Å². The number of pyridine rings is 2. The van der Waals surface area contributed by atoms with Gasteiger partial charge in [0.1, 0.15) is 17.2 Å². The van der Waals surface area contributed by atoms with Gasteiger partial charge in [0.2, 0.25) is 0 Å². The molecular weight excluding hydrogens is 343 g/mol. The van der Waals surface area contributed by atoms with Crippen LogP contribution in [0.15, 0.2) is 17.1 Å². The normalized spacial score (nSPS) is 20.2. The summed E-state index contributed by atoms with van der Waals surface area (Å²) in [5.41, 5.74) is 0.0203. The number of aryl methyl sites for hydroxylation is 1. The number of ether oxygens (including phenoxy) is 2. The Bertz CT molecular complexity index is 1000. The van der Waals surface area contributed by atoms with Crippen LogP contribution in [0.3, 0.4) is 0 Å². The number of hydrogen-bond acceptors (Lipinski definition) is 6. The van der Waals surface area contributed by atoms with E-state index in [1.165, 1.54) is 13.8 Å².